The molecular weight excluding hydrogens is 256 g/mol. The highest BCUT2D eigenvalue weighted by Crippen LogP contribution is 2.15. The Hall–Kier alpha value is -2.15. The second-order valence-corrected chi connectivity index (χ2v) is 4.66. The summed E-state index contributed by atoms with van der Waals surface area (Å²) in [4.78, 5) is 33.6. The summed E-state index contributed by atoms with van der Waals surface area (Å²) < 4.78 is 2.11. The molecule has 0 spiro atoms. The maximum absolute atomic E-state index is 11.9. The third kappa shape index (κ3) is 2.57. The predicted octanol–water partition coefficient (Wildman–Crippen LogP) is 0.264. The average molecular weight is 266 g/mol. The number of carbonyl (C=O) groups excluding carboxylic acids is 1. The van der Waals surface area contributed by atoms with E-state index in [1.165, 1.54) is 15.5 Å². The van der Waals surface area contributed by atoms with Crippen molar-refractivity contribution in [3.05, 3.63) is 34.6 Å². The predicted molar refractivity (Wildman–Crippen MR) is 66.7 cm³/mol. The van der Waals surface area contributed by atoms with Crippen molar-refractivity contribution in [3.63, 3.8) is 0 Å². The van der Waals surface area contributed by atoms with Crippen molar-refractivity contribution < 1.29 is 14.7 Å². The van der Waals surface area contributed by atoms with Gasteiger partial charge in [-0.1, -0.05) is 23.7 Å². The number of aromatic nitrogens is 1. The molecule has 18 heavy (non-hydrogen) atoms. The molecule has 94 valence electrons. The van der Waals surface area contributed by atoms with Crippen LogP contribution in [0.2, 0.25) is 0 Å². The minimum absolute atomic E-state index is 0.161. The largest absolute Gasteiger partial charge is 0.480 e. The van der Waals surface area contributed by atoms with E-state index in [1.54, 1.807) is 18.2 Å². The van der Waals surface area contributed by atoms with Gasteiger partial charge in [-0.05, 0) is 12.1 Å². The van der Waals surface area contributed by atoms with E-state index < -0.39 is 18.4 Å². The van der Waals surface area contributed by atoms with Crippen molar-refractivity contribution >= 4 is 33.5 Å². The van der Waals surface area contributed by atoms with E-state index in [9.17, 15) is 14.4 Å². The summed E-state index contributed by atoms with van der Waals surface area (Å²) in [5, 5.41) is 11.2. The standard InChI is InChI=1S/C11H10N2O4S/c14-9(12-5-10(15)16)6-13-11(17)7-3-1-2-4-8(7)18-13/h1-4H,5-6H2,(H,12,14)(H,15,16). The highest BCUT2D eigenvalue weighted by molar-refractivity contribution is 7.13. The third-order valence-electron chi connectivity index (χ3n) is 2.28. The smallest absolute Gasteiger partial charge is 0.322 e. The summed E-state index contributed by atoms with van der Waals surface area (Å²) in [6.07, 6.45) is 0. The van der Waals surface area contributed by atoms with Gasteiger partial charge in [0.25, 0.3) is 5.56 Å². The number of carboxylic acid groups (broad SMARTS) is 1. The number of carboxylic acids is 1. The molecule has 0 fully saturated rings. The SMILES string of the molecule is O=C(O)CNC(=O)Cn1sc2ccccc2c1=O. The molecule has 0 bridgehead atoms. The van der Waals surface area contributed by atoms with Crippen molar-refractivity contribution in [1.82, 2.24) is 9.27 Å². The number of aliphatic carboxylic acids is 1. The van der Waals surface area contributed by atoms with Crippen LogP contribution in [0.4, 0.5) is 0 Å². The number of amides is 1. The first-order valence-corrected chi connectivity index (χ1v) is 5.92. The van der Waals surface area contributed by atoms with Gasteiger partial charge in [0, 0.05) is 0 Å². The Kier molecular flexibility index (Phi) is 3.42. The zero-order valence-electron chi connectivity index (χ0n) is 9.25. The number of nitrogens with one attached hydrogen (secondary N) is 1. The molecule has 0 saturated carbocycles. The van der Waals surface area contributed by atoms with Crippen molar-refractivity contribution in [1.29, 1.82) is 0 Å². The molecule has 0 saturated heterocycles. The average Bonchev–Trinajstić information content (AvgIpc) is 2.65. The van der Waals surface area contributed by atoms with Gasteiger partial charge in [-0.25, -0.2) is 0 Å². The van der Waals surface area contributed by atoms with E-state index in [1.807, 2.05) is 6.07 Å². The highest BCUT2D eigenvalue weighted by atomic mass is 32.1. The van der Waals surface area contributed by atoms with Gasteiger partial charge in [-0.3, -0.25) is 18.3 Å². The molecule has 2 N–H and O–H groups in total. The van der Waals surface area contributed by atoms with Crippen molar-refractivity contribution in [2.75, 3.05) is 6.54 Å². The molecule has 0 aliphatic carbocycles. The van der Waals surface area contributed by atoms with Crippen LogP contribution < -0.4 is 10.9 Å². The monoisotopic (exact) mass is 266 g/mol. The molecule has 1 amide bonds. The minimum atomic E-state index is -1.12. The fraction of sp³-hybridized carbons (Fsp3) is 0.182. The van der Waals surface area contributed by atoms with Gasteiger partial charge < -0.3 is 10.4 Å². The normalized spacial score (nSPS) is 10.4. The molecular formula is C11H10N2O4S. The number of nitrogens with zero attached hydrogens (tertiary/aromatic N) is 1. The first kappa shape index (κ1) is 12.3. The summed E-state index contributed by atoms with van der Waals surface area (Å²) in [5.41, 5.74) is -0.235. The molecule has 0 aliphatic rings. The number of fused-ring (bicyclic) bond motifs is 1. The van der Waals surface area contributed by atoms with Gasteiger partial charge in [0.1, 0.15) is 13.1 Å². The molecule has 0 unspecified atom stereocenters. The van der Waals surface area contributed by atoms with Crippen LogP contribution in [0.25, 0.3) is 10.1 Å². The van der Waals surface area contributed by atoms with E-state index in [4.69, 9.17) is 5.11 Å². The highest BCUT2D eigenvalue weighted by Gasteiger charge is 2.10. The van der Waals surface area contributed by atoms with Gasteiger partial charge in [-0.15, -0.1) is 0 Å². The van der Waals surface area contributed by atoms with Crippen molar-refractivity contribution in [2.45, 2.75) is 6.54 Å². The Bertz CT molecular complexity index is 658. The van der Waals surface area contributed by atoms with Crippen molar-refractivity contribution in [2.24, 2.45) is 0 Å². The van der Waals surface area contributed by atoms with Crippen LogP contribution in [0.5, 0.6) is 0 Å². The number of hydrogen-bond acceptors (Lipinski definition) is 4. The fourth-order valence-corrected chi connectivity index (χ4v) is 2.48. The lowest BCUT2D eigenvalue weighted by molar-refractivity contribution is -0.138. The van der Waals surface area contributed by atoms with Crippen LogP contribution in [0.1, 0.15) is 0 Å². The van der Waals surface area contributed by atoms with Gasteiger partial charge in [0.05, 0.1) is 10.1 Å². The summed E-state index contributed by atoms with van der Waals surface area (Å²) in [5.74, 6) is -1.61. The topological polar surface area (TPSA) is 88.4 Å². The van der Waals surface area contributed by atoms with E-state index in [2.05, 4.69) is 5.32 Å². The maximum Gasteiger partial charge on any atom is 0.322 e. The molecule has 2 rings (SSSR count). The number of hydrogen-bond donors (Lipinski definition) is 2. The zero-order chi connectivity index (χ0) is 13.1. The first-order chi connectivity index (χ1) is 8.58. The second-order valence-electron chi connectivity index (χ2n) is 3.60. The Morgan fingerprint density at radius 2 is 2.06 bits per heavy atom. The quantitative estimate of drug-likeness (QED) is 0.831. The Labute approximate surface area is 106 Å². The van der Waals surface area contributed by atoms with Crippen LogP contribution in [0.15, 0.2) is 29.1 Å². The Morgan fingerprint density at radius 3 is 2.72 bits per heavy atom. The molecule has 2 aromatic rings. The van der Waals surface area contributed by atoms with Crippen LogP contribution in [0, 0.1) is 0 Å². The van der Waals surface area contributed by atoms with Gasteiger partial charge in [0.15, 0.2) is 0 Å². The van der Waals surface area contributed by atoms with Crippen LogP contribution >= 0.6 is 11.5 Å². The second kappa shape index (κ2) is 5.01. The molecule has 0 atom stereocenters. The lowest BCUT2D eigenvalue weighted by Crippen LogP contribution is -2.33. The summed E-state index contributed by atoms with van der Waals surface area (Å²) in [6.45, 7) is -0.607. The molecule has 0 radical (unpaired) electrons. The third-order valence-corrected chi connectivity index (χ3v) is 3.34. The molecule has 1 heterocycles. The molecule has 1 aromatic carbocycles. The first-order valence-electron chi connectivity index (χ1n) is 5.15. The lowest BCUT2D eigenvalue weighted by atomic mass is 10.3. The number of carbonyl (C=O) groups is 2. The number of benzene rings is 1. The van der Waals surface area contributed by atoms with Gasteiger partial charge in [0.2, 0.25) is 5.91 Å². The maximum atomic E-state index is 11.9. The van der Waals surface area contributed by atoms with E-state index in [-0.39, 0.29) is 12.1 Å². The minimum Gasteiger partial charge on any atom is -0.480 e. The molecule has 7 heteroatoms. The summed E-state index contributed by atoms with van der Waals surface area (Å²) >= 11 is 1.18. The van der Waals surface area contributed by atoms with E-state index in [0.29, 0.717) is 5.39 Å². The van der Waals surface area contributed by atoms with E-state index >= 15 is 0 Å². The van der Waals surface area contributed by atoms with Crippen molar-refractivity contribution in [3.8, 4) is 0 Å². The zero-order valence-corrected chi connectivity index (χ0v) is 10.1. The van der Waals surface area contributed by atoms with Crippen LogP contribution in [-0.4, -0.2) is 27.5 Å². The van der Waals surface area contributed by atoms with Gasteiger partial charge >= 0.3 is 5.97 Å². The van der Waals surface area contributed by atoms with E-state index in [0.717, 1.165) is 4.70 Å². The molecule has 6 nitrogen and oxygen atoms in total. The van der Waals surface area contributed by atoms with Gasteiger partial charge in [-0.2, -0.15) is 0 Å². The molecule has 1 aromatic heterocycles. The fourth-order valence-electron chi connectivity index (χ4n) is 1.48. The number of rotatable bonds is 4. The molecule has 0 aliphatic heterocycles. The lowest BCUT2D eigenvalue weighted by Gasteiger charge is -2.01. The van der Waals surface area contributed by atoms with Crippen LogP contribution in [-0.2, 0) is 16.1 Å². The van der Waals surface area contributed by atoms with Crippen LogP contribution in [0.3, 0.4) is 0 Å². The Morgan fingerprint density at radius 1 is 1.33 bits per heavy atom. The summed E-state index contributed by atoms with van der Waals surface area (Å²) in [6, 6.07) is 7.06. The summed E-state index contributed by atoms with van der Waals surface area (Å²) in [7, 11) is 0. The Balaban J connectivity index is 2.17.